The van der Waals surface area contributed by atoms with Gasteiger partial charge in [0.25, 0.3) is 0 Å². The molecular formula is C29H33N5O3. The second-order valence-electron chi connectivity index (χ2n) is 11.7. The van der Waals surface area contributed by atoms with Gasteiger partial charge in [0.15, 0.2) is 5.96 Å². The van der Waals surface area contributed by atoms with Crippen molar-refractivity contribution in [3.8, 4) is 11.8 Å². The Balaban J connectivity index is 1.41. The number of hydrogen-bond acceptors (Lipinski definition) is 5. The summed E-state index contributed by atoms with van der Waals surface area (Å²) in [7, 11) is 0. The average Bonchev–Trinajstić information content (AvgIpc) is 3.60. The minimum atomic E-state index is -0.521. The van der Waals surface area contributed by atoms with Crippen LogP contribution in [0.2, 0.25) is 0 Å². The lowest BCUT2D eigenvalue weighted by Gasteiger charge is -2.42. The van der Waals surface area contributed by atoms with E-state index in [0.717, 1.165) is 16.9 Å². The molecule has 192 valence electrons. The molecule has 2 aliphatic heterocycles. The van der Waals surface area contributed by atoms with Crippen molar-refractivity contribution in [2.45, 2.75) is 70.2 Å². The second-order valence-corrected chi connectivity index (χ2v) is 11.7. The van der Waals surface area contributed by atoms with Crippen LogP contribution in [0, 0.1) is 28.6 Å². The van der Waals surface area contributed by atoms with Gasteiger partial charge in [-0.2, -0.15) is 5.26 Å². The molecule has 5 rings (SSSR count). The molecule has 0 unspecified atom stereocenters. The van der Waals surface area contributed by atoms with E-state index in [9.17, 15) is 14.9 Å². The van der Waals surface area contributed by atoms with E-state index in [1.165, 1.54) is 4.90 Å². The number of carbonyl (C=O) groups excluding carboxylic acids is 2. The highest BCUT2D eigenvalue weighted by atomic mass is 16.5. The summed E-state index contributed by atoms with van der Waals surface area (Å²) in [6, 6.07) is 16.4. The van der Waals surface area contributed by atoms with Crippen LogP contribution >= 0.6 is 0 Å². The first-order valence-corrected chi connectivity index (χ1v) is 12.8. The number of carbonyl (C=O) groups is 2. The van der Waals surface area contributed by atoms with Crippen molar-refractivity contribution in [2.24, 2.45) is 11.8 Å². The smallest absolute Gasteiger partial charge is 0.232 e. The lowest BCUT2D eigenvalue weighted by atomic mass is 9.89. The number of amides is 2. The largest absolute Gasteiger partial charge is 0.487 e. The van der Waals surface area contributed by atoms with Crippen LogP contribution < -0.4 is 15.4 Å². The minimum Gasteiger partial charge on any atom is -0.487 e. The Hall–Kier alpha value is -3.86. The Morgan fingerprint density at radius 3 is 2.70 bits per heavy atom. The molecule has 2 amide bonds. The third-order valence-corrected chi connectivity index (χ3v) is 7.47. The number of hydrogen-bond donors (Lipinski definition) is 3. The van der Waals surface area contributed by atoms with Crippen molar-refractivity contribution in [3.63, 3.8) is 0 Å². The van der Waals surface area contributed by atoms with Gasteiger partial charge < -0.3 is 15.4 Å². The van der Waals surface area contributed by atoms with Crippen LogP contribution in [0.3, 0.4) is 0 Å². The van der Waals surface area contributed by atoms with E-state index < -0.39 is 17.2 Å². The molecule has 2 fully saturated rings. The van der Waals surface area contributed by atoms with Crippen molar-refractivity contribution in [1.82, 2.24) is 15.5 Å². The molecule has 1 saturated carbocycles. The number of guanidine groups is 1. The van der Waals surface area contributed by atoms with E-state index in [0.29, 0.717) is 18.4 Å². The zero-order valence-electron chi connectivity index (χ0n) is 21.7. The first-order valence-electron chi connectivity index (χ1n) is 12.8. The fourth-order valence-corrected chi connectivity index (χ4v) is 5.76. The van der Waals surface area contributed by atoms with Gasteiger partial charge in [0.05, 0.1) is 23.7 Å². The number of rotatable bonds is 5. The molecule has 0 bridgehead atoms. The Morgan fingerprint density at radius 2 is 1.97 bits per heavy atom. The molecule has 0 aromatic heterocycles. The van der Waals surface area contributed by atoms with E-state index in [1.807, 2.05) is 58.0 Å². The first kappa shape index (κ1) is 24.8. The maximum Gasteiger partial charge on any atom is 0.232 e. The summed E-state index contributed by atoms with van der Waals surface area (Å²) in [5.41, 5.74) is 1.27. The van der Waals surface area contributed by atoms with Gasteiger partial charge in [-0.15, -0.1) is 0 Å². The summed E-state index contributed by atoms with van der Waals surface area (Å²) < 4.78 is 6.11. The zero-order chi connectivity index (χ0) is 26.5. The summed E-state index contributed by atoms with van der Waals surface area (Å²) in [5, 5.41) is 24.5. The Labute approximate surface area is 217 Å². The van der Waals surface area contributed by atoms with Gasteiger partial charge in [0.1, 0.15) is 11.4 Å². The summed E-state index contributed by atoms with van der Waals surface area (Å²) >= 11 is 0. The summed E-state index contributed by atoms with van der Waals surface area (Å²) in [6.07, 6.45) is 1.48. The second kappa shape index (κ2) is 8.91. The average molecular weight is 500 g/mol. The third kappa shape index (κ3) is 4.91. The van der Waals surface area contributed by atoms with E-state index >= 15 is 0 Å². The minimum absolute atomic E-state index is 0.0276. The summed E-state index contributed by atoms with van der Waals surface area (Å²) in [4.78, 5) is 28.3. The molecule has 0 spiro atoms. The predicted octanol–water partition coefficient (Wildman–Crippen LogP) is 4.19. The van der Waals surface area contributed by atoms with Crippen LogP contribution in [0.4, 0.5) is 0 Å². The van der Waals surface area contributed by atoms with Crippen molar-refractivity contribution in [2.75, 3.05) is 0 Å². The van der Waals surface area contributed by atoms with Crippen molar-refractivity contribution in [3.05, 3.63) is 65.2 Å². The van der Waals surface area contributed by atoms with Crippen LogP contribution in [-0.4, -0.2) is 33.8 Å². The fraction of sp³-hybridized carbons (Fsp3) is 0.448. The van der Waals surface area contributed by atoms with E-state index in [-0.39, 0.29) is 42.1 Å². The van der Waals surface area contributed by atoms with Crippen LogP contribution in [0.5, 0.6) is 5.75 Å². The highest BCUT2D eigenvalue weighted by Gasteiger charge is 2.53. The molecule has 1 saturated heterocycles. The van der Waals surface area contributed by atoms with Gasteiger partial charge in [0.2, 0.25) is 11.8 Å². The molecule has 2 aromatic rings. The molecule has 8 nitrogen and oxygen atoms in total. The maximum absolute atomic E-state index is 13.5. The van der Waals surface area contributed by atoms with E-state index in [4.69, 9.17) is 10.1 Å². The number of nitriles is 1. The number of para-hydroxylation sites is 1. The standard InChI is InChI=1S/C29H33N5O3/c1-28(2)15-24(35)34(27(31)33-28)25(18-9-7-8-17(12-18)16-30)20-13-21(20)26(36)32-22-14-29(3,4)37-23-11-6-5-10-19(22)23/h5-12,20-22,25H,13-15H2,1-4H3,(H2,31,33)(H,32,36)/t20-,21-,22+,25-/m1/s1. The highest BCUT2D eigenvalue weighted by molar-refractivity contribution is 5.99. The lowest BCUT2D eigenvalue weighted by Crippen LogP contribution is -2.60. The number of nitrogens with zero attached hydrogens (tertiary/aromatic N) is 2. The van der Waals surface area contributed by atoms with Crippen LogP contribution in [0.15, 0.2) is 48.5 Å². The van der Waals surface area contributed by atoms with Crippen molar-refractivity contribution in [1.29, 1.82) is 10.7 Å². The molecule has 2 aromatic carbocycles. The van der Waals surface area contributed by atoms with Crippen LogP contribution in [-0.2, 0) is 9.59 Å². The van der Waals surface area contributed by atoms with Gasteiger partial charge in [-0.05, 0) is 63.8 Å². The van der Waals surface area contributed by atoms with Gasteiger partial charge in [-0.3, -0.25) is 19.9 Å². The number of benzene rings is 2. The summed E-state index contributed by atoms with van der Waals surface area (Å²) in [5.74, 6) is 0.123. The molecule has 1 aliphatic carbocycles. The molecule has 4 atom stereocenters. The van der Waals surface area contributed by atoms with Gasteiger partial charge >= 0.3 is 0 Å². The van der Waals surface area contributed by atoms with E-state index in [1.54, 1.807) is 18.2 Å². The SMILES string of the molecule is CC1(C)CC(=O)N([C@H](c2cccc(C#N)c2)[C@@H]2C[C@H]2C(=O)N[C@H]2CC(C)(C)Oc3ccccc32)C(=N)N1. The molecule has 0 radical (unpaired) electrons. The van der Waals surface area contributed by atoms with Crippen molar-refractivity contribution >= 4 is 17.8 Å². The Morgan fingerprint density at radius 1 is 1.22 bits per heavy atom. The first-order chi connectivity index (χ1) is 17.5. The topological polar surface area (TPSA) is 118 Å². The lowest BCUT2D eigenvalue weighted by molar-refractivity contribution is -0.133. The maximum atomic E-state index is 13.5. The Kier molecular flexibility index (Phi) is 5.98. The molecule has 8 heteroatoms. The van der Waals surface area contributed by atoms with Gasteiger partial charge in [-0.25, -0.2) is 0 Å². The quantitative estimate of drug-likeness (QED) is 0.570. The zero-order valence-corrected chi connectivity index (χ0v) is 21.7. The molecule has 37 heavy (non-hydrogen) atoms. The van der Waals surface area contributed by atoms with Crippen LogP contribution in [0.25, 0.3) is 0 Å². The molecular weight excluding hydrogens is 466 g/mol. The number of fused-ring (bicyclic) bond motifs is 1. The fourth-order valence-electron chi connectivity index (χ4n) is 5.76. The van der Waals surface area contributed by atoms with Gasteiger partial charge in [-0.1, -0.05) is 30.3 Å². The molecule has 3 aliphatic rings. The Bertz CT molecular complexity index is 1290. The predicted molar refractivity (Wildman–Crippen MR) is 139 cm³/mol. The number of ether oxygens (including phenoxy) is 1. The third-order valence-electron chi connectivity index (χ3n) is 7.47. The molecule has 3 N–H and O–H groups in total. The monoisotopic (exact) mass is 499 g/mol. The van der Waals surface area contributed by atoms with E-state index in [2.05, 4.69) is 16.7 Å². The van der Waals surface area contributed by atoms with Gasteiger partial charge in [0, 0.05) is 29.9 Å². The molecule has 2 heterocycles. The normalized spacial score (nSPS) is 26.1. The highest BCUT2D eigenvalue weighted by Crippen LogP contribution is 2.51. The van der Waals surface area contributed by atoms with Crippen LogP contribution in [0.1, 0.15) is 75.7 Å². The number of nitrogens with one attached hydrogen (secondary N) is 3. The van der Waals surface area contributed by atoms with Crippen molar-refractivity contribution < 1.29 is 14.3 Å². The summed E-state index contributed by atoms with van der Waals surface area (Å²) in [6.45, 7) is 7.82.